The van der Waals surface area contributed by atoms with E-state index in [-0.39, 0.29) is 11.7 Å². The average molecular weight is 557 g/mol. The largest absolute Gasteiger partial charge is 0.494 e. The number of rotatable bonds is 16. The number of amides is 1. The van der Waals surface area contributed by atoms with Crippen molar-refractivity contribution in [2.75, 3.05) is 32.1 Å². The first-order valence-corrected chi connectivity index (χ1v) is 14.5. The third kappa shape index (κ3) is 8.93. The van der Waals surface area contributed by atoms with Gasteiger partial charge in [0.15, 0.2) is 5.78 Å². The number of para-hydroxylation sites is 1. The summed E-state index contributed by atoms with van der Waals surface area (Å²) in [5.74, 6) is 1.11. The summed E-state index contributed by atoms with van der Waals surface area (Å²) in [6.45, 7) is 4.15. The summed E-state index contributed by atoms with van der Waals surface area (Å²) in [5.41, 5.74) is 2.57. The van der Waals surface area contributed by atoms with Gasteiger partial charge in [-0.25, -0.2) is 4.79 Å². The van der Waals surface area contributed by atoms with Gasteiger partial charge >= 0.3 is 5.97 Å². The second-order valence-corrected chi connectivity index (χ2v) is 10.5. The molecule has 4 rings (SSSR count). The molecule has 1 N–H and O–H groups in total. The number of hydrogen-bond donors (Lipinski definition) is 1. The Morgan fingerprint density at radius 3 is 2.34 bits per heavy atom. The maximum Gasteiger partial charge on any atom is 0.328 e. The molecular weight excluding hydrogens is 516 g/mol. The van der Waals surface area contributed by atoms with Crippen LogP contribution in [0.5, 0.6) is 5.75 Å². The van der Waals surface area contributed by atoms with Crippen molar-refractivity contribution >= 4 is 23.3 Å². The van der Waals surface area contributed by atoms with Crippen molar-refractivity contribution in [2.45, 2.75) is 51.5 Å². The summed E-state index contributed by atoms with van der Waals surface area (Å²) < 4.78 is 11.0. The highest BCUT2D eigenvalue weighted by Crippen LogP contribution is 2.30. The van der Waals surface area contributed by atoms with Crippen molar-refractivity contribution in [3.8, 4) is 5.75 Å². The molecule has 1 atom stereocenters. The predicted octanol–water partition coefficient (Wildman–Crippen LogP) is 5.92. The number of ether oxygens (including phenoxy) is 2. The van der Waals surface area contributed by atoms with Crippen LogP contribution in [0, 0.1) is 5.92 Å². The van der Waals surface area contributed by atoms with Gasteiger partial charge in [-0.3, -0.25) is 9.59 Å². The molecule has 41 heavy (non-hydrogen) atoms. The van der Waals surface area contributed by atoms with E-state index in [1.807, 2.05) is 60.4 Å². The molecule has 0 spiro atoms. The average Bonchev–Trinajstić information content (AvgIpc) is 3.83. The lowest BCUT2D eigenvalue weighted by Gasteiger charge is -2.22. The zero-order valence-electron chi connectivity index (χ0n) is 24.0. The minimum atomic E-state index is -0.686. The summed E-state index contributed by atoms with van der Waals surface area (Å²) in [6, 6.07) is 23.2. The zero-order valence-corrected chi connectivity index (χ0v) is 24.0. The molecule has 1 aliphatic rings. The molecule has 0 unspecified atom stereocenters. The van der Waals surface area contributed by atoms with E-state index >= 15 is 0 Å². The van der Waals surface area contributed by atoms with Crippen molar-refractivity contribution in [2.24, 2.45) is 5.92 Å². The number of carbonyl (C=O) groups is 3. The molecular formula is C34H40N2O5. The van der Waals surface area contributed by atoms with E-state index in [1.165, 1.54) is 20.0 Å². The van der Waals surface area contributed by atoms with E-state index in [1.54, 1.807) is 30.3 Å². The summed E-state index contributed by atoms with van der Waals surface area (Å²) in [6.07, 6.45) is 5.07. The van der Waals surface area contributed by atoms with Gasteiger partial charge in [-0.05, 0) is 61.4 Å². The van der Waals surface area contributed by atoms with Crippen LogP contribution in [0.15, 0.2) is 78.9 Å². The van der Waals surface area contributed by atoms with Crippen molar-refractivity contribution in [1.29, 1.82) is 0 Å². The van der Waals surface area contributed by atoms with E-state index < -0.39 is 12.0 Å². The summed E-state index contributed by atoms with van der Waals surface area (Å²) in [5, 5.41) is 3.24. The second-order valence-electron chi connectivity index (χ2n) is 10.5. The highest BCUT2D eigenvalue weighted by Gasteiger charge is 2.26. The Bertz CT molecular complexity index is 1290. The lowest BCUT2D eigenvalue weighted by atomic mass is 10.00. The fourth-order valence-electron chi connectivity index (χ4n) is 4.78. The van der Waals surface area contributed by atoms with E-state index in [0.717, 1.165) is 30.7 Å². The minimum absolute atomic E-state index is 0.121. The molecule has 3 aromatic rings. The minimum Gasteiger partial charge on any atom is -0.494 e. The first kappa shape index (κ1) is 29.8. The summed E-state index contributed by atoms with van der Waals surface area (Å²) >= 11 is 0. The van der Waals surface area contributed by atoms with Crippen molar-refractivity contribution in [1.82, 2.24) is 4.90 Å². The van der Waals surface area contributed by atoms with Gasteiger partial charge in [0.2, 0.25) is 5.91 Å². The summed E-state index contributed by atoms with van der Waals surface area (Å²) in [7, 11) is 1.36. The van der Waals surface area contributed by atoms with E-state index in [2.05, 4.69) is 5.32 Å². The molecule has 1 saturated carbocycles. The highest BCUT2D eigenvalue weighted by atomic mass is 16.5. The molecule has 216 valence electrons. The smallest absolute Gasteiger partial charge is 0.328 e. The van der Waals surface area contributed by atoms with Crippen LogP contribution in [0.25, 0.3) is 0 Å². The first-order valence-electron chi connectivity index (χ1n) is 14.5. The molecule has 0 saturated heterocycles. The lowest BCUT2D eigenvalue weighted by Crippen LogP contribution is -2.34. The second kappa shape index (κ2) is 15.0. The van der Waals surface area contributed by atoms with Gasteiger partial charge in [0, 0.05) is 42.7 Å². The standard InChI is InChI=1S/C34H40N2O5/c1-3-10-32(37)36(24-26-15-16-26)21-9-22-41-28-19-17-25(18-20-28)23-31(34(39)40-2)35-30-14-8-7-13-29(30)33(38)27-11-5-4-6-12-27/h4-8,11-14,17-20,26,31,35H,3,9-10,15-16,21-24H2,1-2H3/t31-/m0/s1. The normalized spacial score (nSPS) is 13.2. The molecule has 7 nitrogen and oxygen atoms in total. The molecule has 7 heteroatoms. The topological polar surface area (TPSA) is 84.9 Å². The molecule has 1 amide bonds. The van der Waals surface area contributed by atoms with Gasteiger partial charge < -0.3 is 19.7 Å². The maximum absolute atomic E-state index is 13.2. The van der Waals surface area contributed by atoms with Crippen molar-refractivity contribution in [3.05, 3.63) is 95.6 Å². The Balaban J connectivity index is 1.34. The van der Waals surface area contributed by atoms with Crippen LogP contribution in [-0.4, -0.2) is 55.4 Å². The monoisotopic (exact) mass is 556 g/mol. The van der Waals surface area contributed by atoms with Crippen molar-refractivity contribution < 1.29 is 23.9 Å². The van der Waals surface area contributed by atoms with Crippen LogP contribution < -0.4 is 10.1 Å². The number of nitrogens with zero attached hydrogens (tertiary/aromatic N) is 1. The predicted molar refractivity (Wildman–Crippen MR) is 160 cm³/mol. The van der Waals surface area contributed by atoms with Crippen LogP contribution in [-0.2, 0) is 20.7 Å². The molecule has 3 aromatic carbocycles. The van der Waals surface area contributed by atoms with Crippen LogP contribution in [0.4, 0.5) is 5.69 Å². The molecule has 0 bridgehead atoms. The molecule has 0 aromatic heterocycles. The van der Waals surface area contributed by atoms with Gasteiger partial charge in [-0.15, -0.1) is 0 Å². The number of ketones is 1. The van der Waals surface area contributed by atoms with Crippen LogP contribution >= 0.6 is 0 Å². The number of nitrogens with one attached hydrogen (secondary N) is 1. The number of hydrogen-bond acceptors (Lipinski definition) is 6. The zero-order chi connectivity index (χ0) is 29.0. The van der Waals surface area contributed by atoms with E-state index in [9.17, 15) is 14.4 Å². The number of methoxy groups -OCH3 is 1. The third-order valence-corrected chi connectivity index (χ3v) is 7.22. The van der Waals surface area contributed by atoms with Gasteiger partial charge in [0.05, 0.1) is 13.7 Å². The summed E-state index contributed by atoms with van der Waals surface area (Å²) in [4.78, 5) is 40.3. The Kier molecular flexibility index (Phi) is 10.9. The van der Waals surface area contributed by atoms with E-state index in [4.69, 9.17) is 9.47 Å². The number of anilines is 1. The molecule has 0 radical (unpaired) electrons. The SMILES string of the molecule is CCCC(=O)N(CCCOc1ccc(C[C@H](Nc2ccccc2C(=O)c2ccccc2)C(=O)OC)cc1)CC1CC1. The van der Waals surface area contributed by atoms with Gasteiger partial charge in [-0.1, -0.05) is 61.5 Å². The fourth-order valence-corrected chi connectivity index (χ4v) is 4.78. The van der Waals surface area contributed by atoms with Gasteiger partial charge in [0.25, 0.3) is 0 Å². The van der Waals surface area contributed by atoms with Gasteiger partial charge in [0.1, 0.15) is 11.8 Å². The first-order chi connectivity index (χ1) is 20.0. The Morgan fingerprint density at radius 2 is 1.66 bits per heavy atom. The molecule has 0 heterocycles. The van der Waals surface area contributed by atoms with Crippen LogP contribution in [0.1, 0.15) is 60.5 Å². The van der Waals surface area contributed by atoms with Crippen LogP contribution in [0.3, 0.4) is 0 Å². The van der Waals surface area contributed by atoms with Crippen molar-refractivity contribution in [3.63, 3.8) is 0 Å². The quantitative estimate of drug-likeness (QED) is 0.134. The molecule has 1 aliphatic carbocycles. The lowest BCUT2D eigenvalue weighted by molar-refractivity contribution is -0.141. The maximum atomic E-state index is 13.2. The highest BCUT2D eigenvalue weighted by molar-refractivity contribution is 6.12. The van der Waals surface area contributed by atoms with Crippen LogP contribution in [0.2, 0.25) is 0 Å². The Labute approximate surface area is 242 Å². The fraction of sp³-hybridized carbons (Fsp3) is 0.382. The molecule has 0 aliphatic heterocycles. The Hall–Kier alpha value is -4.13. The third-order valence-electron chi connectivity index (χ3n) is 7.22. The number of esters is 1. The molecule has 1 fully saturated rings. The Morgan fingerprint density at radius 1 is 0.951 bits per heavy atom. The number of carbonyl (C=O) groups excluding carboxylic acids is 3. The van der Waals surface area contributed by atoms with E-state index in [0.29, 0.717) is 48.7 Å². The van der Waals surface area contributed by atoms with Gasteiger partial charge in [-0.2, -0.15) is 0 Å². The number of benzene rings is 3.